The van der Waals surface area contributed by atoms with Gasteiger partial charge in [0, 0.05) is 5.56 Å². The Bertz CT molecular complexity index is 871. The lowest BCUT2D eigenvalue weighted by molar-refractivity contribution is -0.138. The molecule has 2 rings (SSSR count). The number of ether oxygens (including phenoxy) is 2. The maximum absolute atomic E-state index is 13.5. The van der Waals surface area contributed by atoms with E-state index in [2.05, 4.69) is 20.7 Å². The van der Waals surface area contributed by atoms with Crippen molar-refractivity contribution in [1.82, 2.24) is 0 Å². The molecule has 2 aromatic carbocycles. The number of hydrogen-bond acceptors (Lipinski definition) is 4. The summed E-state index contributed by atoms with van der Waals surface area (Å²) in [5, 5.41) is 9.97. The average molecular weight is 462 g/mol. The van der Waals surface area contributed by atoms with Gasteiger partial charge >= 0.3 is 12.3 Å². The van der Waals surface area contributed by atoms with Crippen molar-refractivity contribution in [2.24, 2.45) is 0 Å². The number of carbonyl (C=O) groups is 1. The van der Waals surface area contributed by atoms with E-state index in [1.165, 1.54) is 6.07 Å². The quantitative estimate of drug-likeness (QED) is 0.446. The van der Waals surface area contributed by atoms with Crippen molar-refractivity contribution in [2.75, 3.05) is 12.2 Å². The van der Waals surface area contributed by atoms with E-state index < -0.39 is 30.0 Å². The lowest BCUT2D eigenvalue weighted by atomic mass is 10.0. The Labute approximate surface area is 168 Å². The summed E-state index contributed by atoms with van der Waals surface area (Å²) in [6.45, 7) is 3.34. The highest BCUT2D eigenvalue weighted by molar-refractivity contribution is 9.10. The maximum atomic E-state index is 13.5. The first-order valence-electron chi connectivity index (χ1n) is 8.28. The Hall–Kier alpha value is -2.26. The normalized spacial score (nSPS) is 11.3. The zero-order chi connectivity index (χ0) is 21.1. The van der Waals surface area contributed by atoms with Crippen LogP contribution in [0.3, 0.4) is 0 Å². The van der Waals surface area contributed by atoms with E-state index in [4.69, 9.17) is 4.74 Å². The minimum Gasteiger partial charge on any atom is -0.488 e. The molecular formula is C19H19BrF3NO4. The molecule has 0 bridgehead atoms. The number of rotatable bonds is 5. The topological polar surface area (TPSA) is 59.0 Å². The Morgan fingerprint density at radius 2 is 1.96 bits per heavy atom. The van der Waals surface area contributed by atoms with Gasteiger partial charge in [0.2, 0.25) is 0 Å². The van der Waals surface area contributed by atoms with Crippen LogP contribution in [-0.4, -0.2) is 18.4 Å². The number of alkyl halides is 3. The molecule has 0 aliphatic rings. The van der Waals surface area contributed by atoms with Gasteiger partial charge in [0.15, 0.2) is 0 Å². The molecule has 2 aromatic rings. The molecule has 0 heterocycles. The lowest BCUT2D eigenvalue weighted by Crippen LogP contribution is -2.29. The first kappa shape index (κ1) is 22.0. The van der Waals surface area contributed by atoms with Crippen molar-refractivity contribution >= 4 is 27.7 Å². The number of benzene rings is 2. The van der Waals surface area contributed by atoms with Crippen LogP contribution in [0, 0.1) is 6.92 Å². The van der Waals surface area contributed by atoms with Crippen molar-refractivity contribution in [3.05, 3.63) is 57.1 Å². The second-order valence-corrected chi connectivity index (χ2v) is 6.79. The standard InChI is InChI=1S/C19H19BrF3NO4/c1-4-12-9-15(20)17(8-11(12)2)28-10-13-14(19(21,22)23)6-5-7-16(13)24(26)18(25)27-3/h5-9,26H,4,10H2,1-3H3. The summed E-state index contributed by atoms with van der Waals surface area (Å²) in [5.41, 5.74) is 0.212. The van der Waals surface area contributed by atoms with Gasteiger partial charge in [0.25, 0.3) is 0 Å². The van der Waals surface area contributed by atoms with Crippen LogP contribution < -0.4 is 9.80 Å². The van der Waals surface area contributed by atoms with Gasteiger partial charge in [0.1, 0.15) is 12.4 Å². The fourth-order valence-electron chi connectivity index (χ4n) is 2.71. The summed E-state index contributed by atoms with van der Waals surface area (Å²) < 4.78 is 51.0. The van der Waals surface area contributed by atoms with Crippen molar-refractivity contribution in [3.8, 4) is 5.75 Å². The number of nitrogens with zero attached hydrogens (tertiary/aromatic N) is 1. The third-order valence-electron chi connectivity index (χ3n) is 4.18. The molecule has 1 amide bonds. The highest BCUT2D eigenvalue weighted by atomic mass is 79.9. The van der Waals surface area contributed by atoms with Crippen LogP contribution in [0.5, 0.6) is 5.75 Å². The zero-order valence-corrected chi connectivity index (χ0v) is 17.0. The van der Waals surface area contributed by atoms with E-state index in [1.807, 2.05) is 19.9 Å². The Morgan fingerprint density at radius 1 is 1.29 bits per heavy atom. The SMILES string of the molecule is CCc1cc(Br)c(OCc2c(N(O)C(=O)OC)cccc2C(F)(F)F)cc1C. The van der Waals surface area contributed by atoms with Gasteiger partial charge in [-0.05, 0) is 64.7 Å². The molecule has 0 aromatic heterocycles. The summed E-state index contributed by atoms with van der Waals surface area (Å²) in [6.07, 6.45) is -5.13. The molecule has 1 N–H and O–H groups in total. The number of amides is 1. The second-order valence-electron chi connectivity index (χ2n) is 5.93. The maximum Gasteiger partial charge on any atom is 0.438 e. The van der Waals surface area contributed by atoms with E-state index in [9.17, 15) is 23.2 Å². The number of hydroxylamine groups is 1. The Balaban J connectivity index is 2.46. The summed E-state index contributed by atoms with van der Waals surface area (Å²) in [6, 6.07) is 6.67. The molecule has 152 valence electrons. The zero-order valence-electron chi connectivity index (χ0n) is 15.4. The number of anilines is 1. The molecule has 0 spiro atoms. The van der Waals surface area contributed by atoms with E-state index in [0.29, 0.717) is 10.2 Å². The largest absolute Gasteiger partial charge is 0.488 e. The van der Waals surface area contributed by atoms with Gasteiger partial charge in [-0.3, -0.25) is 5.21 Å². The van der Waals surface area contributed by atoms with Gasteiger partial charge in [-0.15, -0.1) is 0 Å². The lowest BCUT2D eigenvalue weighted by Gasteiger charge is -2.21. The first-order valence-corrected chi connectivity index (χ1v) is 9.07. The van der Waals surface area contributed by atoms with Crippen LogP contribution in [0.4, 0.5) is 23.7 Å². The van der Waals surface area contributed by atoms with E-state index >= 15 is 0 Å². The van der Waals surface area contributed by atoms with Gasteiger partial charge in [0.05, 0.1) is 22.8 Å². The highest BCUT2D eigenvalue weighted by Gasteiger charge is 2.36. The molecule has 0 atom stereocenters. The number of hydrogen-bond donors (Lipinski definition) is 1. The first-order chi connectivity index (χ1) is 13.1. The summed E-state index contributed by atoms with van der Waals surface area (Å²) >= 11 is 3.35. The van der Waals surface area contributed by atoms with Gasteiger partial charge < -0.3 is 9.47 Å². The average Bonchev–Trinajstić information content (AvgIpc) is 2.65. The van der Waals surface area contributed by atoms with Crippen molar-refractivity contribution in [2.45, 2.75) is 33.1 Å². The van der Waals surface area contributed by atoms with Gasteiger partial charge in [-0.2, -0.15) is 18.2 Å². The molecule has 9 heteroatoms. The molecule has 0 aliphatic carbocycles. The van der Waals surface area contributed by atoms with Crippen LogP contribution in [0.2, 0.25) is 0 Å². The third-order valence-corrected chi connectivity index (χ3v) is 4.80. The number of aryl methyl sites for hydroxylation is 2. The second kappa shape index (κ2) is 8.83. The van der Waals surface area contributed by atoms with Crippen LogP contribution >= 0.6 is 15.9 Å². The molecule has 0 radical (unpaired) electrons. The molecule has 0 saturated carbocycles. The fraction of sp³-hybridized carbons (Fsp3) is 0.316. The van der Waals surface area contributed by atoms with Gasteiger partial charge in [-0.25, -0.2) is 4.79 Å². The number of carbonyl (C=O) groups excluding carboxylic acids is 1. The van der Waals surface area contributed by atoms with Crippen LogP contribution in [-0.2, 0) is 23.9 Å². The summed E-state index contributed by atoms with van der Waals surface area (Å²) in [5.74, 6) is 0.347. The smallest absolute Gasteiger partial charge is 0.438 e. The Morgan fingerprint density at radius 3 is 2.54 bits per heavy atom. The Kier molecular flexibility index (Phi) is 6.95. The highest BCUT2D eigenvalue weighted by Crippen LogP contribution is 2.38. The molecular weight excluding hydrogens is 443 g/mol. The molecule has 0 aliphatic heterocycles. The van der Waals surface area contributed by atoms with E-state index in [-0.39, 0.29) is 10.8 Å². The predicted octanol–water partition coefficient (Wildman–Crippen LogP) is 5.88. The molecule has 5 nitrogen and oxygen atoms in total. The molecule has 0 fully saturated rings. The predicted molar refractivity (Wildman–Crippen MR) is 101 cm³/mol. The van der Waals surface area contributed by atoms with Crippen molar-refractivity contribution in [1.29, 1.82) is 0 Å². The van der Waals surface area contributed by atoms with E-state index in [0.717, 1.165) is 36.8 Å². The minimum absolute atomic E-state index is 0.0222. The van der Waals surface area contributed by atoms with Crippen molar-refractivity contribution < 1.29 is 32.6 Å². The summed E-state index contributed by atoms with van der Waals surface area (Å²) in [4.78, 5) is 11.6. The van der Waals surface area contributed by atoms with E-state index in [1.54, 1.807) is 6.07 Å². The van der Waals surface area contributed by atoms with Crippen LogP contribution in [0.1, 0.15) is 29.2 Å². The molecule has 0 saturated heterocycles. The number of halogens is 4. The summed E-state index contributed by atoms with van der Waals surface area (Å²) in [7, 11) is 1.00. The molecule has 0 unspecified atom stereocenters. The van der Waals surface area contributed by atoms with Crippen LogP contribution in [0.15, 0.2) is 34.8 Å². The van der Waals surface area contributed by atoms with Crippen molar-refractivity contribution in [3.63, 3.8) is 0 Å². The number of methoxy groups -OCH3 is 1. The van der Waals surface area contributed by atoms with Gasteiger partial charge in [-0.1, -0.05) is 13.0 Å². The molecule has 28 heavy (non-hydrogen) atoms. The third kappa shape index (κ3) is 4.77. The minimum atomic E-state index is -4.70. The monoisotopic (exact) mass is 461 g/mol. The van der Waals surface area contributed by atoms with Crippen LogP contribution in [0.25, 0.3) is 0 Å². The fourth-order valence-corrected chi connectivity index (χ4v) is 3.22.